The van der Waals surface area contributed by atoms with Crippen LogP contribution in [-0.4, -0.2) is 12.0 Å². The van der Waals surface area contributed by atoms with E-state index in [4.69, 9.17) is 4.74 Å². The van der Waals surface area contributed by atoms with Crippen molar-refractivity contribution in [2.24, 2.45) is 0 Å². The number of hydrogen-bond donors (Lipinski definition) is 1. The van der Waals surface area contributed by atoms with E-state index >= 15 is 0 Å². The fourth-order valence-electron chi connectivity index (χ4n) is 3.61. The van der Waals surface area contributed by atoms with Crippen molar-refractivity contribution < 1.29 is 9.13 Å². The number of aromatic nitrogens is 1. The quantitative estimate of drug-likeness (QED) is 0.667. The summed E-state index contributed by atoms with van der Waals surface area (Å²) in [7, 11) is 1.91. The van der Waals surface area contributed by atoms with Crippen LogP contribution in [0.5, 0.6) is 5.75 Å². The SMILES string of the molecule is CC/C(=C1\c2ccc(F)cc2OCc2ncccc21)c1cccc(NC)c1. The van der Waals surface area contributed by atoms with Gasteiger partial charge in [0.15, 0.2) is 0 Å². The molecular weight excluding hydrogens is 339 g/mol. The highest BCUT2D eigenvalue weighted by Gasteiger charge is 2.23. The Hall–Kier alpha value is -3.14. The molecule has 1 aliphatic heterocycles. The first-order valence-electron chi connectivity index (χ1n) is 9.09. The van der Waals surface area contributed by atoms with E-state index in [-0.39, 0.29) is 5.82 Å². The van der Waals surface area contributed by atoms with E-state index in [1.165, 1.54) is 17.7 Å². The maximum atomic E-state index is 13.9. The summed E-state index contributed by atoms with van der Waals surface area (Å²) in [6.45, 7) is 2.46. The largest absolute Gasteiger partial charge is 0.487 e. The molecule has 0 saturated carbocycles. The van der Waals surface area contributed by atoms with Crippen molar-refractivity contribution in [3.05, 3.63) is 89.0 Å². The van der Waals surface area contributed by atoms with Crippen LogP contribution in [0.15, 0.2) is 60.8 Å². The molecule has 0 fully saturated rings. The van der Waals surface area contributed by atoms with Crippen molar-refractivity contribution >= 4 is 16.8 Å². The average Bonchev–Trinajstić information content (AvgIpc) is 2.86. The Labute approximate surface area is 158 Å². The zero-order chi connectivity index (χ0) is 18.8. The van der Waals surface area contributed by atoms with Crippen LogP contribution in [0.4, 0.5) is 10.1 Å². The molecule has 4 rings (SSSR count). The lowest BCUT2D eigenvalue weighted by Crippen LogP contribution is -2.00. The van der Waals surface area contributed by atoms with Crippen LogP contribution in [0.3, 0.4) is 0 Å². The molecule has 0 spiro atoms. The molecule has 0 amide bonds. The molecule has 4 heteroatoms. The normalized spacial score (nSPS) is 14.5. The van der Waals surface area contributed by atoms with Crippen molar-refractivity contribution in [2.75, 3.05) is 12.4 Å². The van der Waals surface area contributed by atoms with E-state index in [0.717, 1.165) is 40.1 Å². The van der Waals surface area contributed by atoms with Gasteiger partial charge in [0.25, 0.3) is 0 Å². The van der Waals surface area contributed by atoms with Gasteiger partial charge in [-0.2, -0.15) is 0 Å². The van der Waals surface area contributed by atoms with Crippen LogP contribution >= 0.6 is 0 Å². The van der Waals surface area contributed by atoms with E-state index in [0.29, 0.717) is 12.4 Å². The minimum absolute atomic E-state index is 0.303. The summed E-state index contributed by atoms with van der Waals surface area (Å²) in [6.07, 6.45) is 2.59. The van der Waals surface area contributed by atoms with Gasteiger partial charge in [-0.05, 0) is 53.5 Å². The highest BCUT2D eigenvalue weighted by molar-refractivity contribution is 6.01. The topological polar surface area (TPSA) is 34.1 Å². The summed E-state index contributed by atoms with van der Waals surface area (Å²) in [5, 5.41) is 3.20. The second-order valence-electron chi connectivity index (χ2n) is 6.46. The molecule has 0 radical (unpaired) electrons. The minimum Gasteiger partial charge on any atom is -0.487 e. The number of allylic oxidation sites excluding steroid dienone is 1. The van der Waals surface area contributed by atoms with Crippen LogP contribution in [0, 0.1) is 5.82 Å². The number of ether oxygens (including phenoxy) is 1. The molecule has 2 heterocycles. The summed E-state index contributed by atoms with van der Waals surface area (Å²) in [5.41, 5.74) is 7.21. The van der Waals surface area contributed by atoms with Gasteiger partial charge in [0.1, 0.15) is 18.2 Å². The van der Waals surface area contributed by atoms with Crippen molar-refractivity contribution in [1.82, 2.24) is 4.98 Å². The monoisotopic (exact) mass is 360 g/mol. The van der Waals surface area contributed by atoms with Gasteiger partial charge in [-0.25, -0.2) is 4.39 Å². The number of hydrogen-bond acceptors (Lipinski definition) is 3. The first kappa shape index (κ1) is 17.3. The number of anilines is 1. The second-order valence-corrected chi connectivity index (χ2v) is 6.46. The van der Waals surface area contributed by atoms with Gasteiger partial charge in [0.05, 0.1) is 5.69 Å². The Morgan fingerprint density at radius 1 is 1.11 bits per heavy atom. The van der Waals surface area contributed by atoms with E-state index in [9.17, 15) is 4.39 Å². The van der Waals surface area contributed by atoms with Gasteiger partial charge in [0, 0.05) is 36.1 Å². The molecule has 136 valence electrons. The molecule has 0 saturated heterocycles. The molecule has 0 aliphatic carbocycles. The van der Waals surface area contributed by atoms with Gasteiger partial charge >= 0.3 is 0 Å². The number of pyridine rings is 1. The predicted molar refractivity (Wildman–Crippen MR) is 107 cm³/mol. The number of benzene rings is 2. The van der Waals surface area contributed by atoms with Crippen molar-refractivity contribution in [1.29, 1.82) is 0 Å². The summed E-state index contributed by atoms with van der Waals surface area (Å²) in [4.78, 5) is 4.51. The van der Waals surface area contributed by atoms with Gasteiger partial charge in [0.2, 0.25) is 0 Å². The lowest BCUT2D eigenvalue weighted by Gasteiger charge is -2.17. The third-order valence-electron chi connectivity index (χ3n) is 4.89. The Morgan fingerprint density at radius 2 is 2.00 bits per heavy atom. The van der Waals surface area contributed by atoms with Crippen LogP contribution in [0.2, 0.25) is 0 Å². The first-order valence-corrected chi connectivity index (χ1v) is 9.09. The molecule has 3 nitrogen and oxygen atoms in total. The predicted octanol–water partition coefficient (Wildman–Crippen LogP) is 5.52. The van der Waals surface area contributed by atoms with E-state index < -0.39 is 0 Å². The molecule has 2 aromatic carbocycles. The van der Waals surface area contributed by atoms with E-state index in [1.807, 2.05) is 25.2 Å². The Morgan fingerprint density at radius 3 is 2.81 bits per heavy atom. The molecular formula is C23H21FN2O. The van der Waals surface area contributed by atoms with Gasteiger partial charge < -0.3 is 10.1 Å². The Balaban J connectivity index is 2.05. The highest BCUT2D eigenvalue weighted by Crippen LogP contribution is 2.42. The number of nitrogens with zero attached hydrogens (tertiary/aromatic N) is 1. The van der Waals surface area contributed by atoms with Crippen molar-refractivity contribution in [3.63, 3.8) is 0 Å². The Bertz CT molecular complexity index is 1030. The fourth-order valence-corrected chi connectivity index (χ4v) is 3.61. The summed E-state index contributed by atoms with van der Waals surface area (Å²) < 4.78 is 19.8. The lowest BCUT2D eigenvalue weighted by atomic mass is 9.87. The molecule has 0 unspecified atom stereocenters. The van der Waals surface area contributed by atoms with Crippen LogP contribution < -0.4 is 10.1 Å². The van der Waals surface area contributed by atoms with E-state index in [2.05, 4.69) is 35.4 Å². The van der Waals surface area contributed by atoms with Gasteiger partial charge in [-0.1, -0.05) is 25.1 Å². The standard InChI is InChI=1S/C23H21FN2O/c1-3-18(15-6-4-7-17(12-15)25-2)23-19-8-5-11-26-21(19)14-27-22-13-16(24)9-10-20(22)23/h4-13,25H,3,14H2,1-2H3/b23-18+. The zero-order valence-corrected chi connectivity index (χ0v) is 15.4. The van der Waals surface area contributed by atoms with Gasteiger partial charge in [-0.15, -0.1) is 0 Å². The minimum atomic E-state index is -0.303. The van der Waals surface area contributed by atoms with Gasteiger partial charge in [-0.3, -0.25) is 4.98 Å². The number of rotatable bonds is 3. The third-order valence-corrected chi connectivity index (χ3v) is 4.89. The molecule has 0 atom stereocenters. The molecule has 1 aliphatic rings. The van der Waals surface area contributed by atoms with E-state index in [1.54, 1.807) is 12.3 Å². The first-order chi connectivity index (χ1) is 13.2. The summed E-state index contributed by atoms with van der Waals surface area (Å²) in [6, 6.07) is 17.1. The molecule has 1 N–H and O–H groups in total. The molecule has 0 bridgehead atoms. The number of nitrogens with one attached hydrogen (secondary N) is 1. The smallest absolute Gasteiger partial charge is 0.131 e. The third kappa shape index (κ3) is 3.19. The maximum absolute atomic E-state index is 13.9. The highest BCUT2D eigenvalue weighted by atomic mass is 19.1. The Kier molecular flexibility index (Phi) is 4.63. The van der Waals surface area contributed by atoms with Crippen LogP contribution in [0.25, 0.3) is 11.1 Å². The van der Waals surface area contributed by atoms with Crippen LogP contribution in [-0.2, 0) is 6.61 Å². The lowest BCUT2D eigenvalue weighted by molar-refractivity contribution is 0.301. The number of halogens is 1. The molecule has 1 aromatic heterocycles. The number of fused-ring (bicyclic) bond motifs is 2. The summed E-state index contributed by atoms with van der Waals surface area (Å²) in [5.74, 6) is 0.251. The molecule has 27 heavy (non-hydrogen) atoms. The second kappa shape index (κ2) is 7.23. The fraction of sp³-hybridized carbons (Fsp3) is 0.174. The average molecular weight is 360 g/mol. The van der Waals surface area contributed by atoms with Crippen molar-refractivity contribution in [2.45, 2.75) is 20.0 Å². The summed E-state index contributed by atoms with van der Waals surface area (Å²) >= 11 is 0. The zero-order valence-electron chi connectivity index (χ0n) is 15.4. The van der Waals surface area contributed by atoms with Crippen LogP contribution in [0.1, 0.15) is 35.7 Å². The molecule has 3 aromatic rings. The maximum Gasteiger partial charge on any atom is 0.131 e. The van der Waals surface area contributed by atoms with Crippen molar-refractivity contribution in [3.8, 4) is 5.75 Å².